The smallest absolute Gasteiger partial charge is 0.264 e. The van der Waals surface area contributed by atoms with E-state index in [4.69, 9.17) is 11.6 Å². The van der Waals surface area contributed by atoms with Crippen LogP contribution in [0, 0.1) is 6.92 Å². The number of aryl methyl sites for hydroxylation is 1. The van der Waals surface area contributed by atoms with E-state index >= 15 is 0 Å². The summed E-state index contributed by atoms with van der Waals surface area (Å²) in [7, 11) is -3.74. The van der Waals surface area contributed by atoms with Crippen molar-refractivity contribution >= 4 is 38.3 Å². The Bertz CT molecular complexity index is 921. The van der Waals surface area contributed by atoms with Gasteiger partial charge in [-0.15, -0.1) is 0 Å². The van der Waals surface area contributed by atoms with Gasteiger partial charge < -0.3 is 4.98 Å². The zero-order valence-electron chi connectivity index (χ0n) is 11.0. The lowest BCUT2D eigenvalue weighted by atomic mass is 10.3. The van der Waals surface area contributed by atoms with Crippen LogP contribution in [0.2, 0.25) is 5.15 Å². The standard InChI is InChI=1S/C13H11ClN4O2S/c1-8-10(4-5-12(14)17-8)18-21(19,20)11-7-16-13-9(11)3-2-6-15-13/h2-7,18H,1H3,(H,15,16). The summed E-state index contributed by atoms with van der Waals surface area (Å²) in [6, 6.07) is 6.49. The number of sulfonamides is 1. The van der Waals surface area contributed by atoms with Gasteiger partial charge >= 0.3 is 0 Å². The average Bonchev–Trinajstić information content (AvgIpc) is 2.86. The van der Waals surface area contributed by atoms with Gasteiger partial charge in [-0.25, -0.2) is 18.4 Å². The number of H-pyrrole nitrogens is 1. The summed E-state index contributed by atoms with van der Waals surface area (Å²) in [4.78, 5) is 11.1. The van der Waals surface area contributed by atoms with Gasteiger partial charge in [0.05, 0.1) is 11.4 Å². The molecule has 3 aromatic heterocycles. The molecule has 0 unspecified atom stereocenters. The van der Waals surface area contributed by atoms with Crippen molar-refractivity contribution in [1.82, 2.24) is 15.0 Å². The second-order valence-corrected chi connectivity index (χ2v) is 6.46. The van der Waals surface area contributed by atoms with Crippen LogP contribution in [-0.4, -0.2) is 23.4 Å². The predicted octanol–water partition coefficient (Wildman–Crippen LogP) is 2.72. The van der Waals surface area contributed by atoms with Gasteiger partial charge in [0.1, 0.15) is 15.7 Å². The highest BCUT2D eigenvalue weighted by Crippen LogP contribution is 2.24. The Morgan fingerprint density at radius 3 is 2.86 bits per heavy atom. The van der Waals surface area contributed by atoms with Crippen LogP contribution in [0.4, 0.5) is 5.69 Å². The molecule has 21 heavy (non-hydrogen) atoms. The van der Waals surface area contributed by atoms with Gasteiger partial charge in [0, 0.05) is 17.8 Å². The maximum atomic E-state index is 12.5. The molecule has 0 saturated carbocycles. The zero-order valence-corrected chi connectivity index (χ0v) is 12.5. The monoisotopic (exact) mass is 322 g/mol. The molecule has 2 N–H and O–H groups in total. The SMILES string of the molecule is Cc1nc(Cl)ccc1NS(=O)(=O)c1c[nH]c2ncccc12. The average molecular weight is 323 g/mol. The Balaban J connectivity index is 2.04. The van der Waals surface area contributed by atoms with Gasteiger partial charge in [0.2, 0.25) is 0 Å². The summed E-state index contributed by atoms with van der Waals surface area (Å²) in [6.07, 6.45) is 3.01. The van der Waals surface area contributed by atoms with Gasteiger partial charge in [-0.05, 0) is 31.2 Å². The van der Waals surface area contributed by atoms with E-state index in [-0.39, 0.29) is 4.90 Å². The van der Waals surface area contributed by atoms with Crippen molar-refractivity contribution in [2.24, 2.45) is 0 Å². The van der Waals surface area contributed by atoms with Crippen molar-refractivity contribution in [2.75, 3.05) is 4.72 Å². The third kappa shape index (κ3) is 2.57. The molecule has 8 heteroatoms. The zero-order chi connectivity index (χ0) is 15.0. The van der Waals surface area contributed by atoms with Crippen LogP contribution in [0.1, 0.15) is 5.69 Å². The van der Waals surface area contributed by atoms with E-state index in [1.807, 2.05) is 0 Å². The van der Waals surface area contributed by atoms with Crippen molar-refractivity contribution < 1.29 is 8.42 Å². The molecule has 0 amide bonds. The number of hydrogen-bond donors (Lipinski definition) is 2. The second kappa shape index (κ2) is 5.01. The molecule has 0 saturated heterocycles. The molecule has 3 heterocycles. The number of pyridine rings is 2. The van der Waals surface area contributed by atoms with Crippen LogP contribution in [0.15, 0.2) is 41.6 Å². The number of nitrogens with one attached hydrogen (secondary N) is 2. The molecular weight excluding hydrogens is 312 g/mol. The number of hydrogen-bond acceptors (Lipinski definition) is 4. The molecule has 0 aliphatic rings. The Morgan fingerprint density at radius 2 is 2.10 bits per heavy atom. The summed E-state index contributed by atoms with van der Waals surface area (Å²) in [5, 5.41) is 0.844. The molecule has 0 aromatic carbocycles. The number of rotatable bonds is 3. The molecule has 108 valence electrons. The number of halogens is 1. The topological polar surface area (TPSA) is 87.7 Å². The molecule has 0 bridgehead atoms. The van der Waals surface area contributed by atoms with Crippen LogP contribution in [0.25, 0.3) is 11.0 Å². The second-order valence-electron chi connectivity index (χ2n) is 4.42. The maximum absolute atomic E-state index is 12.5. The molecule has 0 spiro atoms. The minimum atomic E-state index is -3.74. The van der Waals surface area contributed by atoms with E-state index in [9.17, 15) is 8.42 Å². The van der Waals surface area contributed by atoms with Crippen LogP contribution >= 0.6 is 11.6 Å². The molecule has 0 atom stereocenters. The van der Waals surface area contributed by atoms with Crippen molar-refractivity contribution in [3.05, 3.63) is 47.5 Å². The van der Waals surface area contributed by atoms with Crippen LogP contribution in [0.3, 0.4) is 0 Å². The normalized spacial score (nSPS) is 11.7. The molecule has 0 aliphatic heterocycles. The lowest BCUT2D eigenvalue weighted by Crippen LogP contribution is -2.13. The van der Waals surface area contributed by atoms with Crippen molar-refractivity contribution in [3.8, 4) is 0 Å². The Morgan fingerprint density at radius 1 is 1.29 bits per heavy atom. The predicted molar refractivity (Wildman–Crippen MR) is 80.9 cm³/mol. The summed E-state index contributed by atoms with van der Waals surface area (Å²) < 4.78 is 27.5. The fourth-order valence-electron chi connectivity index (χ4n) is 1.99. The van der Waals surface area contributed by atoms with Crippen LogP contribution < -0.4 is 4.72 Å². The highest BCUT2D eigenvalue weighted by atomic mass is 35.5. The first kappa shape index (κ1) is 13.8. The minimum absolute atomic E-state index is 0.139. The third-order valence-electron chi connectivity index (χ3n) is 3.00. The van der Waals surface area contributed by atoms with Gasteiger partial charge in [0.25, 0.3) is 10.0 Å². The largest absolute Gasteiger partial charge is 0.345 e. The van der Waals surface area contributed by atoms with Crippen molar-refractivity contribution in [3.63, 3.8) is 0 Å². The highest BCUT2D eigenvalue weighted by Gasteiger charge is 2.20. The van der Waals surface area contributed by atoms with E-state index in [1.54, 1.807) is 31.3 Å². The van der Waals surface area contributed by atoms with E-state index in [2.05, 4.69) is 19.7 Å². The first-order chi connectivity index (χ1) is 9.97. The third-order valence-corrected chi connectivity index (χ3v) is 4.61. The molecule has 3 aromatic rings. The molecule has 3 rings (SSSR count). The molecule has 0 fully saturated rings. The first-order valence-corrected chi connectivity index (χ1v) is 7.91. The van der Waals surface area contributed by atoms with Crippen LogP contribution in [0.5, 0.6) is 0 Å². The van der Waals surface area contributed by atoms with Crippen molar-refractivity contribution in [2.45, 2.75) is 11.8 Å². The Labute approximate surface area is 126 Å². The Kier molecular flexibility index (Phi) is 3.30. The highest BCUT2D eigenvalue weighted by molar-refractivity contribution is 7.93. The molecule has 0 radical (unpaired) electrons. The minimum Gasteiger partial charge on any atom is -0.345 e. The fraction of sp³-hybridized carbons (Fsp3) is 0.0769. The maximum Gasteiger partial charge on any atom is 0.264 e. The van der Waals surface area contributed by atoms with Gasteiger partial charge in [-0.2, -0.15) is 0 Å². The lowest BCUT2D eigenvalue weighted by Gasteiger charge is -2.09. The van der Waals surface area contributed by atoms with Crippen LogP contribution in [-0.2, 0) is 10.0 Å². The summed E-state index contributed by atoms with van der Waals surface area (Å²) >= 11 is 5.76. The fourth-order valence-corrected chi connectivity index (χ4v) is 3.46. The summed E-state index contributed by atoms with van der Waals surface area (Å²) in [5.74, 6) is 0. The summed E-state index contributed by atoms with van der Waals surface area (Å²) in [5.41, 5.74) is 1.41. The first-order valence-electron chi connectivity index (χ1n) is 6.05. The van der Waals surface area contributed by atoms with Gasteiger partial charge in [-0.1, -0.05) is 11.6 Å². The lowest BCUT2D eigenvalue weighted by molar-refractivity contribution is 0.602. The molecule has 0 aliphatic carbocycles. The number of aromatic amines is 1. The van der Waals surface area contributed by atoms with Crippen molar-refractivity contribution in [1.29, 1.82) is 0 Å². The number of fused-ring (bicyclic) bond motifs is 1. The van der Waals surface area contributed by atoms with E-state index in [0.29, 0.717) is 27.6 Å². The summed E-state index contributed by atoms with van der Waals surface area (Å²) in [6.45, 7) is 1.68. The van der Waals surface area contributed by atoms with E-state index in [1.165, 1.54) is 12.3 Å². The molecular formula is C13H11ClN4O2S. The van der Waals surface area contributed by atoms with Gasteiger partial charge in [0.15, 0.2) is 0 Å². The van der Waals surface area contributed by atoms with Gasteiger partial charge in [-0.3, -0.25) is 4.72 Å². The van der Waals surface area contributed by atoms with E-state index < -0.39 is 10.0 Å². The number of aromatic nitrogens is 3. The molecule has 6 nitrogen and oxygen atoms in total. The Hall–Kier alpha value is -2.12. The van der Waals surface area contributed by atoms with E-state index in [0.717, 1.165) is 0 Å². The quantitative estimate of drug-likeness (QED) is 0.726. The number of nitrogens with zero attached hydrogens (tertiary/aromatic N) is 2. The number of anilines is 1.